The third-order valence-electron chi connectivity index (χ3n) is 1.15. The summed E-state index contributed by atoms with van der Waals surface area (Å²) in [6.45, 7) is 10.1. The highest BCUT2D eigenvalue weighted by atomic mass is 32.1. The predicted molar refractivity (Wildman–Crippen MR) is 62.3 cm³/mol. The van der Waals surface area contributed by atoms with Crippen molar-refractivity contribution in [2.45, 2.75) is 53.6 Å². The van der Waals surface area contributed by atoms with Crippen LogP contribution in [0.15, 0.2) is 0 Å². The van der Waals surface area contributed by atoms with E-state index in [9.17, 15) is 0 Å². The molecule has 0 amide bonds. The first kappa shape index (κ1) is 18.2. The molecule has 1 atom stereocenters. The molecule has 12 heavy (non-hydrogen) atoms. The van der Waals surface area contributed by atoms with Crippen LogP contribution in [0.2, 0.25) is 0 Å². The largest absolute Gasteiger partial charge is 0.381 e. The second-order valence-electron chi connectivity index (χ2n) is 1.83. The predicted octanol–water partition coefficient (Wildman–Crippen LogP) is 3.78. The molecule has 0 aliphatic rings. The molecule has 0 rings (SSSR count). The maximum atomic E-state index is 5.06. The van der Waals surface area contributed by atoms with Gasteiger partial charge < -0.3 is 4.74 Å². The molecule has 0 heterocycles. The van der Waals surface area contributed by atoms with E-state index < -0.39 is 0 Å². The van der Waals surface area contributed by atoms with Crippen molar-refractivity contribution < 1.29 is 4.74 Å². The van der Waals surface area contributed by atoms with Crippen LogP contribution >= 0.6 is 12.6 Å². The zero-order chi connectivity index (χ0) is 10.4. The van der Waals surface area contributed by atoms with Gasteiger partial charge in [0, 0.05) is 12.9 Å². The SMILES string of the molecule is CC.CC.CCCC(CS)OC. The van der Waals surface area contributed by atoms with E-state index in [1.165, 1.54) is 6.42 Å². The van der Waals surface area contributed by atoms with E-state index in [2.05, 4.69) is 19.6 Å². The highest BCUT2D eigenvalue weighted by molar-refractivity contribution is 7.80. The molecule has 0 aliphatic carbocycles. The van der Waals surface area contributed by atoms with Crippen molar-refractivity contribution in [1.82, 2.24) is 0 Å². The molecule has 0 N–H and O–H groups in total. The third-order valence-corrected chi connectivity index (χ3v) is 1.55. The smallest absolute Gasteiger partial charge is 0.0659 e. The normalized spacial score (nSPS) is 10.2. The Hall–Kier alpha value is 0.310. The maximum absolute atomic E-state index is 5.06. The van der Waals surface area contributed by atoms with E-state index in [0.717, 1.165) is 12.2 Å². The molecular weight excluding hydrogens is 168 g/mol. The second kappa shape index (κ2) is 22.5. The molecule has 2 heteroatoms. The quantitative estimate of drug-likeness (QED) is 0.670. The summed E-state index contributed by atoms with van der Waals surface area (Å²) in [6.07, 6.45) is 2.67. The van der Waals surface area contributed by atoms with Gasteiger partial charge in [0.1, 0.15) is 0 Å². The van der Waals surface area contributed by atoms with Crippen molar-refractivity contribution in [2.75, 3.05) is 12.9 Å². The topological polar surface area (TPSA) is 9.23 Å². The van der Waals surface area contributed by atoms with Crippen LogP contribution in [0.5, 0.6) is 0 Å². The highest BCUT2D eigenvalue weighted by Crippen LogP contribution is 2.01. The Morgan fingerprint density at radius 1 is 1.17 bits per heavy atom. The number of hydrogen-bond acceptors (Lipinski definition) is 2. The number of thiol groups is 1. The lowest BCUT2D eigenvalue weighted by Gasteiger charge is -2.09. The van der Waals surface area contributed by atoms with Gasteiger partial charge in [-0.05, 0) is 6.42 Å². The van der Waals surface area contributed by atoms with E-state index in [1.807, 2.05) is 27.7 Å². The Bertz CT molecular complexity index is 45.1. The van der Waals surface area contributed by atoms with Gasteiger partial charge >= 0.3 is 0 Å². The number of rotatable bonds is 4. The van der Waals surface area contributed by atoms with Crippen LogP contribution in [-0.4, -0.2) is 19.0 Å². The summed E-state index contributed by atoms with van der Waals surface area (Å²) in [6, 6.07) is 0. The van der Waals surface area contributed by atoms with Gasteiger partial charge in [-0.1, -0.05) is 41.0 Å². The van der Waals surface area contributed by atoms with Crippen LogP contribution in [0.1, 0.15) is 47.5 Å². The highest BCUT2D eigenvalue weighted by Gasteiger charge is 1.99. The molecule has 0 saturated carbocycles. The Morgan fingerprint density at radius 2 is 1.58 bits per heavy atom. The molecule has 0 aromatic carbocycles. The average molecular weight is 194 g/mol. The van der Waals surface area contributed by atoms with E-state index in [-0.39, 0.29) is 0 Å². The number of ether oxygens (including phenoxy) is 1. The van der Waals surface area contributed by atoms with Gasteiger partial charge in [-0.3, -0.25) is 0 Å². The molecule has 0 saturated heterocycles. The van der Waals surface area contributed by atoms with Crippen LogP contribution in [0.4, 0.5) is 0 Å². The summed E-state index contributed by atoms with van der Waals surface area (Å²) >= 11 is 4.10. The molecule has 1 unspecified atom stereocenters. The second-order valence-corrected chi connectivity index (χ2v) is 2.19. The molecule has 0 radical (unpaired) electrons. The summed E-state index contributed by atoms with van der Waals surface area (Å²) in [5.74, 6) is 0.838. The van der Waals surface area contributed by atoms with Crippen molar-refractivity contribution in [3.8, 4) is 0 Å². The van der Waals surface area contributed by atoms with Gasteiger partial charge in [-0.25, -0.2) is 0 Å². The molecule has 0 bridgehead atoms. The van der Waals surface area contributed by atoms with E-state index in [1.54, 1.807) is 7.11 Å². The summed E-state index contributed by atoms with van der Waals surface area (Å²) in [4.78, 5) is 0. The monoisotopic (exact) mass is 194 g/mol. The molecule has 0 aromatic rings. The minimum atomic E-state index is 0.364. The lowest BCUT2D eigenvalue weighted by Crippen LogP contribution is -2.10. The van der Waals surface area contributed by atoms with Gasteiger partial charge in [0.05, 0.1) is 6.10 Å². The lowest BCUT2D eigenvalue weighted by molar-refractivity contribution is 0.114. The molecule has 0 spiro atoms. The van der Waals surface area contributed by atoms with Gasteiger partial charge in [-0.15, -0.1) is 0 Å². The fourth-order valence-electron chi connectivity index (χ4n) is 0.606. The third kappa shape index (κ3) is 16.7. The fourth-order valence-corrected chi connectivity index (χ4v) is 0.937. The van der Waals surface area contributed by atoms with Crippen molar-refractivity contribution in [3.63, 3.8) is 0 Å². The first-order valence-corrected chi connectivity index (χ1v) is 5.62. The summed E-state index contributed by atoms with van der Waals surface area (Å²) < 4.78 is 5.06. The maximum Gasteiger partial charge on any atom is 0.0659 e. The Kier molecular flexibility index (Phi) is 34.1. The van der Waals surface area contributed by atoms with E-state index >= 15 is 0 Å². The zero-order valence-corrected chi connectivity index (χ0v) is 10.4. The van der Waals surface area contributed by atoms with Crippen molar-refractivity contribution >= 4 is 12.6 Å². The standard InChI is InChI=1S/C6H14OS.2C2H6/c1-3-4-6(5-8)7-2;2*1-2/h6,8H,3-5H2,1-2H3;2*1-2H3. The van der Waals surface area contributed by atoms with Crippen LogP contribution in [0, 0.1) is 0 Å². The zero-order valence-electron chi connectivity index (χ0n) is 9.55. The van der Waals surface area contributed by atoms with Crippen LogP contribution < -0.4 is 0 Å². The number of hydrogen-bond donors (Lipinski definition) is 1. The number of methoxy groups -OCH3 is 1. The van der Waals surface area contributed by atoms with Crippen molar-refractivity contribution in [3.05, 3.63) is 0 Å². The molecular formula is C10H26OS. The summed E-state index contributed by atoms with van der Waals surface area (Å²) in [5, 5.41) is 0. The minimum absolute atomic E-state index is 0.364. The van der Waals surface area contributed by atoms with Gasteiger partial charge in [0.25, 0.3) is 0 Å². The minimum Gasteiger partial charge on any atom is -0.381 e. The first-order chi connectivity index (χ1) is 5.85. The molecule has 78 valence electrons. The van der Waals surface area contributed by atoms with Crippen molar-refractivity contribution in [2.24, 2.45) is 0 Å². The fraction of sp³-hybridized carbons (Fsp3) is 1.00. The van der Waals surface area contributed by atoms with Gasteiger partial charge in [0.15, 0.2) is 0 Å². The Morgan fingerprint density at radius 3 is 1.67 bits per heavy atom. The Balaban J connectivity index is -0.000000175. The molecule has 0 fully saturated rings. The average Bonchev–Trinajstić information content (AvgIpc) is 2.20. The van der Waals surface area contributed by atoms with Crippen molar-refractivity contribution in [1.29, 1.82) is 0 Å². The lowest BCUT2D eigenvalue weighted by atomic mass is 10.2. The van der Waals surface area contributed by atoms with Crippen LogP contribution in [0.3, 0.4) is 0 Å². The van der Waals surface area contributed by atoms with Gasteiger partial charge in [0.2, 0.25) is 0 Å². The van der Waals surface area contributed by atoms with E-state index in [0.29, 0.717) is 6.10 Å². The van der Waals surface area contributed by atoms with E-state index in [4.69, 9.17) is 4.74 Å². The molecule has 1 nitrogen and oxygen atoms in total. The Labute approximate surface area is 84.3 Å². The van der Waals surface area contributed by atoms with Gasteiger partial charge in [-0.2, -0.15) is 12.6 Å². The first-order valence-electron chi connectivity index (χ1n) is 4.98. The van der Waals surface area contributed by atoms with Crippen LogP contribution in [-0.2, 0) is 4.74 Å². The summed E-state index contributed by atoms with van der Waals surface area (Å²) in [7, 11) is 1.73. The molecule has 0 aromatic heterocycles. The molecule has 0 aliphatic heterocycles. The van der Waals surface area contributed by atoms with Crippen LogP contribution in [0.25, 0.3) is 0 Å². The summed E-state index contributed by atoms with van der Waals surface area (Å²) in [5.41, 5.74) is 0.